The average Bonchev–Trinajstić information content (AvgIpc) is 3.42. The zero-order valence-corrected chi connectivity index (χ0v) is 19.0. The maximum absolute atomic E-state index is 15.0. The highest BCUT2D eigenvalue weighted by molar-refractivity contribution is 5.90. The van der Waals surface area contributed by atoms with E-state index in [1.54, 1.807) is 31.3 Å². The zero-order valence-electron chi connectivity index (χ0n) is 19.0. The van der Waals surface area contributed by atoms with Crippen LogP contribution in [0.4, 0.5) is 14.9 Å². The standard InChI is InChI=1S/C22H24FN7O4/c1-12(2)19(24)21(31)33-11-15-10-30(22(32)34-15)14-5-6-16(17(23)8-14)13-4-7-18(25-9-13)20-26-27-28-29(20)3/h4-9,12,15,19H,10-11,24H2,1-3H3/p+1/t15-,19+/m1/s1. The van der Waals surface area contributed by atoms with Crippen molar-refractivity contribution >= 4 is 17.7 Å². The fourth-order valence-corrected chi connectivity index (χ4v) is 3.41. The van der Waals surface area contributed by atoms with Crippen LogP contribution in [-0.2, 0) is 21.3 Å². The Morgan fingerprint density at radius 1 is 1.32 bits per heavy atom. The van der Waals surface area contributed by atoms with Crippen LogP contribution in [0, 0.1) is 11.7 Å². The lowest BCUT2D eigenvalue weighted by Gasteiger charge is -2.15. The summed E-state index contributed by atoms with van der Waals surface area (Å²) in [6, 6.07) is 7.37. The van der Waals surface area contributed by atoms with E-state index in [0.29, 0.717) is 28.3 Å². The van der Waals surface area contributed by atoms with Crippen molar-refractivity contribution in [3.63, 3.8) is 0 Å². The van der Waals surface area contributed by atoms with Gasteiger partial charge in [0.1, 0.15) is 18.1 Å². The first kappa shape index (κ1) is 23.2. The van der Waals surface area contributed by atoms with Gasteiger partial charge in [0, 0.05) is 30.3 Å². The van der Waals surface area contributed by atoms with Crippen LogP contribution in [0.3, 0.4) is 0 Å². The van der Waals surface area contributed by atoms with Crippen molar-refractivity contribution < 1.29 is 29.2 Å². The largest absolute Gasteiger partial charge is 0.457 e. The van der Waals surface area contributed by atoms with E-state index < -0.39 is 30.0 Å². The van der Waals surface area contributed by atoms with Gasteiger partial charge >= 0.3 is 12.1 Å². The molecule has 2 atom stereocenters. The maximum atomic E-state index is 15.0. The van der Waals surface area contributed by atoms with Crippen LogP contribution < -0.4 is 10.6 Å². The van der Waals surface area contributed by atoms with Gasteiger partial charge in [-0.1, -0.05) is 19.9 Å². The smallest absolute Gasteiger partial charge is 0.414 e. The number of cyclic esters (lactones) is 1. The molecule has 0 spiro atoms. The summed E-state index contributed by atoms with van der Waals surface area (Å²) in [5.41, 5.74) is 5.56. The van der Waals surface area contributed by atoms with Crippen molar-refractivity contribution in [3.05, 3.63) is 42.3 Å². The average molecular weight is 470 g/mol. The molecule has 1 saturated heterocycles. The van der Waals surface area contributed by atoms with Crippen molar-refractivity contribution in [2.24, 2.45) is 13.0 Å². The Hall–Kier alpha value is -3.93. The molecular formula is C22H25FN7O4+. The van der Waals surface area contributed by atoms with Crippen LogP contribution >= 0.6 is 0 Å². The molecule has 0 radical (unpaired) electrons. The first-order valence-corrected chi connectivity index (χ1v) is 10.7. The number of ether oxygens (including phenoxy) is 2. The number of pyridine rings is 1. The van der Waals surface area contributed by atoms with E-state index in [0.717, 1.165) is 0 Å². The summed E-state index contributed by atoms with van der Waals surface area (Å²) < 4.78 is 26.9. The van der Waals surface area contributed by atoms with Gasteiger partial charge in [-0.2, -0.15) is 0 Å². The number of carbonyl (C=O) groups excluding carboxylic acids is 2. The van der Waals surface area contributed by atoms with E-state index in [9.17, 15) is 14.0 Å². The number of esters is 1. The molecule has 0 unspecified atom stereocenters. The van der Waals surface area contributed by atoms with Gasteiger partial charge < -0.3 is 15.2 Å². The van der Waals surface area contributed by atoms with Crippen molar-refractivity contribution in [3.8, 4) is 22.6 Å². The van der Waals surface area contributed by atoms with Crippen LogP contribution in [0.5, 0.6) is 0 Å². The number of aromatic nitrogens is 5. The number of tetrazole rings is 1. The van der Waals surface area contributed by atoms with E-state index >= 15 is 0 Å². The summed E-state index contributed by atoms with van der Waals surface area (Å²) in [5, 5.41) is 11.2. The minimum Gasteiger partial charge on any atom is -0.457 e. The van der Waals surface area contributed by atoms with Gasteiger partial charge in [-0.15, -0.1) is 5.10 Å². The topological polar surface area (TPSA) is 140 Å². The normalized spacial score (nSPS) is 16.6. The molecule has 178 valence electrons. The first-order valence-electron chi connectivity index (χ1n) is 10.7. The summed E-state index contributed by atoms with van der Waals surface area (Å²) in [5.74, 6) is -0.446. The molecule has 1 fully saturated rings. The molecule has 3 heterocycles. The number of aryl methyl sites for hydroxylation is 1. The minimum atomic E-state index is -0.648. The third-order valence-electron chi connectivity index (χ3n) is 5.58. The Bertz CT molecular complexity index is 1200. The van der Waals surface area contributed by atoms with Gasteiger partial charge in [0.05, 0.1) is 12.2 Å². The molecule has 3 aromatic rings. The predicted molar refractivity (Wildman–Crippen MR) is 118 cm³/mol. The molecule has 11 nitrogen and oxygen atoms in total. The molecule has 34 heavy (non-hydrogen) atoms. The van der Waals surface area contributed by atoms with Crippen LogP contribution in [0.15, 0.2) is 36.5 Å². The molecular weight excluding hydrogens is 445 g/mol. The van der Waals surface area contributed by atoms with Gasteiger partial charge in [0.2, 0.25) is 0 Å². The number of hydrogen-bond donors (Lipinski definition) is 1. The van der Waals surface area contributed by atoms with Crippen molar-refractivity contribution in [2.45, 2.75) is 26.0 Å². The third kappa shape index (κ3) is 4.71. The number of carbonyl (C=O) groups is 2. The van der Waals surface area contributed by atoms with Crippen molar-refractivity contribution in [1.82, 2.24) is 25.2 Å². The molecule has 1 aliphatic heterocycles. The predicted octanol–water partition coefficient (Wildman–Crippen LogP) is 1.21. The number of anilines is 1. The summed E-state index contributed by atoms with van der Waals surface area (Å²) in [7, 11) is 1.70. The number of quaternary nitrogens is 1. The van der Waals surface area contributed by atoms with E-state index in [1.165, 1.54) is 21.8 Å². The highest BCUT2D eigenvalue weighted by atomic mass is 19.1. The molecule has 2 aromatic heterocycles. The number of halogens is 1. The van der Waals surface area contributed by atoms with Crippen LogP contribution in [0.2, 0.25) is 0 Å². The van der Waals surface area contributed by atoms with Gasteiger partial charge in [0.15, 0.2) is 18.0 Å². The van der Waals surface area contributed by atoms with Crippen LogP contribution in [0.1, 0.15) is 13.8 Å². The molecule has 1 amide bonds. The van der Waals surface area contributed by atoms with Gasteiger partial charge in [0.25, 0.3) is 0 Å². The molecule has 3 N–H and O–H groups in total. The van der Waals surface area contributed by atoms with Gasteiger partial charge in [-0.05, 0) is 34.7 Å². The molecule has 1 aromatic carbocycles. The monoisotopic (exact) mass is 470 g/mol. The van der Waals surface area contributed by atoms with Crippen LogP contribution in [-0.4, -0.2) is 62.6 Å². The Labute approximate surface area is 194 Å². The van der Waals surface area contributed by atoms with E-state index in [1.807, 2.05) is 13.8 Å². The summed E-state index contributed by atoms with van der Waals surface area (Å²) in [6.07, 6.45) is 0.251. The Balaban J connectivity index is 1.43. The lowest BCUT2D eigenvalue weighted by Crippen LogP contribution is -2.67. The van der Waals surface area contributed by atoms with E-state index in [2.05, 4.69) is 26.2 Å². The molecule has 4 rings (SSSR count). The summed E-state index contributed by atoms with van der Waals surface area (Å²) in [4.78, 5) is 29.9. The molecule has 0 saturated carbocycles. The molecule has 0 aliphatic carbocycles. The SMILES string of the molecule is CC(C)[C@H]([NH3+])C(=O)OC[C@H]1CN(c2ccc(-c3ccc(-c4nnnn4C)nc3)c(F)c2)C(=O)O1. The number of nitrogens with zero attached hydrogens (tertiary/aromatic N) is 6. The second-order valence-electron chi connectivity index (χ2n) is 8.32. The summed E-state index contributed by atoms with van der Waals surface area (Å²) >= 11 is 0. The van der Waals surface area contributed by atoms with E-state index in [4.69, 9.17) is 9.47 Å². The highest BCUT2D eigenvalue weighted by Crippen LogP contribution is 2.29. The fourth-order valence-electron chi connectivity index (χ4n) is 3.41. The molecule has 1 aliphatic rings. The van der Waals surface area contributed by atoms with Gasteiger partial charge in [-0.3, -0.25) is 9.88 Å². The quantitative estimate of drug-likeness (QED) is 0.508. The third-order valence-corrected chi connectivity index (χ3v) is 5.58. The number of hydrogen-bond acceptors (Lipinski definition) is 8. The minimum absolute atomic E-state index is 0.0341. The second kappa shape index (κ2) is 9.51. The molecule has 12 heteroatoms. The van der Waals surface area contributed by atoms with Crippen molar-refractivity contribution in [1.29, 1.82) is 0 Å². The highest BCUT2D eigenvalue weighted by Gasteiger charge is 2.34. The van der Waals surface area contributed by atoms with Gasteiger partial charge in [-0.25, -0.2) is 18.7 Å². The Kier molecular flexibility index (Phi) is 6.50. The lowest BCUT2D eigenvalue weighted by molar-refractivity contribution is -0.418. The number of rotatable bonds is 7. The van der Waals surface area contributed by atoms with Crippen molar-refractivity contribution in [2.75, 3.05) is 18.1 Å². The molecule has 0 bridgehead atoms. The number of benzene rings is 1. The van der Waals surface area contributed by atoms with E-state index in [-0.39, 0.29) is 19.1 Å². The maximum Gasteiger partial charge on any atom is 0.414 e. The zero-order chi connectivity index (χ0) is 24.4. The Morgan fingerprint density at radius 3 is 2.74 bits per heavy atom. The Morgan fingerprint density at radius 2 is 2.12 bits per heavy atom. The first-order chi connectivity index (χ1) is 16.2. The number of amides is 1. The lowest BCUT2D eigenvalue weighted by atomic mass is 10.1. The summed E-state index contributed by atoms with van der Waals surface area (Å²) in [6.45, 7) is 3.79. The van der Waals surface area contributed by atoms with Crippen LogP contribution in [0.25, 0.3) is 22.6 Å². The fraction of sp³-hybridized carbons (Fsp3) is 0.364. The second-order valence-corrected chi connectivity index (χ2v) is 8.32.